The van der Waals surface area contributed by atoms with E-state index in [9.17, 15) is 18.4 Å². The summed E-state index contributed by atoms with van der Waals surface area (Å²) in [5.41, 5.74) is 1.32. The van der Waals surface area contributed by atoms with Gasteiger partial charge in [-0.1, -0.05) is 12.1 Å². The number of carbonyl (C=O) groups is 2. The number of halogens is 3. The van der Waals surface area contributed by atoms with Crippen LogP contribution in [0.3, 0.4) is 0 Å². The Morgan fingerprint density at radius 1 is 1.23 bits per heavy atom. The van der Waals surface area contributed by atoms with Crippen molar-refractivity contribution in [2.45, 2.75) is 12.8 Å². The number of likely N-dealkylation sites (N-methyl/N-ethyl adjacent to an activating group) is 1. The quantitative estimate of drug-likeness (QED) is 0.763. The fourth-order valence-corrected chi connectivity index (χ4v) is 3.59. The van der Waals surface area contributed by atoms with Crippen molar-refractivity contribution >= 4 is 33.4 Å². The van der Waals surface area contributed by atoms with Gasteiger partial charge in [-0.25, -0.2) is 8.78 Å². The molecule has 2 aromatic carbocycles. The number of hydrogen-bond acceptors (Lipinski definition) is 2. The molecule has 1 fully saturated rings. The van der Waals surface area contributed by atoms with Crippen molar-refractivity contribution in [1.82, 2.24) is 4.90 Å². The van der Waals surface area contributed by atoms with Crippen molar-refractivity contribution in [1.29, 1.82) is 0 Å². The van der Waals surface area contributed by atoms with Gasteiger partial charge in [0.25, 0.3) is 0 Å². The van der Waals surface area contributed by atoms with Gasteiger partial charge in [0.05, 0.1) is 4.47 Å². The van der Waals surface area contributed by atoms with Gasteiger partial charge >= 0.3 is 0 Å². The van der Waals surface area contributed by atoms with Crippen LogP contribution in [0.2, 0.25) is 0 Å². The molecule has 1 heterocycles. The number of amides is 2. The second-order valence-corrected chi connectivity index (χ2v) is 7.23. The van der Waals surface area contributed by atoms with Crippen LogP contribution in [0.1, 0.15) is 17.0 Å². The van der Waals surface area contributed by atoms with Crippen LogP contribution in [0, 0.1) is 24.5 Å². The van der Waals surface area contributed by atoms with E-state index in [1.165, 1.54) is 23.1 Å². The Balaban J connectivity index is 1.91. The van der Waals surface area contributed by atoms with E-state index < -0.39 is 29.4 Å². The Bertz CT molecular complexity index is 888. The minimum absolute atomic E-state index is 0.275. The molecule has 26 heavy (non-hydrogen) atoms. The molecule has 2 aromatic rings. The molecule has 1 aliphatic heterocycles. The molecule has 1 N–H and O–H groups in total. The first kappa shape index (κ1) is 18.5. The van der Waals surface area contributed by atoms with Crippen molar-refractivity contribution in [3.63, 3.8) is 0 Å². The Labute approximate surface area is 158 Å². The molecule has 0 radical (unpaired) electrons. The number of benzene rings is 2. The lowest BCUT2D eigenvalue weighted by Gasteiger charge is -2.18. The van der Waals surface area contributed by atoms with E-state index in [0.29, 0.717) is 23.4 Å². The second kappa shape index (κ2) is 7.15. The summed E-state index contributed by atoms with van der Waals surface area (Å²) in [5.74, 6) is -3.04. The van der Waals surface area contributed by atoms with Gasteiger partial charge in [-0.15, -0.1) is 0 Å². The van der Waals surface area contributed by atoms with Gasteiger partial charge in [0.15, 0.2) is 0 Å². The summed E-state index contributed by atoms with van der Waals surface area (Å²) in [4.78, 5) is 26.8. The van der Waals surface area contributed by atoms with Crippen LogP contribution in [-0.2, 0) is 9.59 Å². The molecule has 3 rings (SSSR count). The lowest BCUT2D eigenvalue weighted by atomic mass is 9.88. The van der Waals surface area contributed by atoms with Crippen LogP contribution in [0.15, 0.2) is 40.9 Å². The number of anilines is 1. The summed E-state index contributed by atoms with van der Waals surface area (Å²) in [7, 11) is 1.62. The monoisotopic (exact) mass is 422 g/mol. The Morgan fingerprint density at radius 3 is 2.65 bits per heavy atom. The molecule has 1 aliphatic rings. The van der Waals surface area contributed by atoms with Crippen LogP contribution in [0.5, 0.6) is 0 Å². The van der Waals surface area contributed by atoms with Gasteiger partial charge in [-0.3, -0.25) is 9.59 Å². The molecule has 0 bridgehead atoms. The smallest absolute Gasteiger partial charge is 0.237 e. The van der Waals surface area contributed by atoms with Crippen LogP contribution in [0.25, 0.3) is 0 Å². The predicted molar refractivity (Wildman–Crippen MR) is 97.7 cm³/mol. The number of rotatable bonds is 3. The first-order chi connectivity index (χ1) is 12.3. The summed E-state index contributed by atoms with van der Waals surface area (Å²) >= 11 is 3.14. The Hall–Kier alpha value is -2.28. The average Bonchev–Trinajstić information content (AvgIpc) is 2.89. The third-order valence-electron chi connectivity index (χ3n) is 4.70. The molecule has 0 aromatic heterocycles. The molecule has 0 aliphatic carbocycles. The highest BCUT2D eigenvalue weighted by Gasteiger charge is 2.44. The Kier molecular flexibility index (Phi) is 5.09. The van der Waals surface area contributed by atoms with Crippen LogP contribution < -0.4 is 5.32 Å². The number of carbonyl (C=O) groups excluding carboxylic acids is 2. The average molecular weight is 423 g/mol. The number of likely N-dealkylation sites (tertiary alicyclic amines) is 1. The number of hydrogen-bond donors (Lipinski definition) is 1. The number of nitrogens with zero attached hydrogens (tertiary/aromatic N) is 1. The van der Waals surface area contributed by atoms with Crippen molar-refractivity contribution in [2.24, 2.45) is 5.92 Å². The summed E-state index contributed by atoms with van der Waals surface area (Å²) in [6, 6.07) is 8.84. The molecule has 1 saturated heterocycles. The highest BCUT2D eigenvalue weighted by atomic mass is 79.9. The Morgan fingerprint density at radius 2 is 1.96 bits per heavy atom. The first-order valence-electron chi connectivity index (χ1n) is 8.05. The maximum absolute atomic E-state index is 13.7. The van der Waals surface area contributed by atoms with Gasteiger partial charge in [-0.2, -0.15) is 0 Å². The van der Waals surface area contributed by atoms with Crippen molar-refractivity contribution < 1.29 is 18.4 Å². The molecular formula is C19H17BrF2N2O2. The second-order valence-electron chi connectivity index (χ2n) is 6.38. The fourth-order valence-electron chi connectivity index (χ4n) is 3.19. The van der Waals surface area contributed by atoms with Gasteiger partial charge in [0, 0.05) is 30.8 Å². The van der Waals surface area contributed by atoms with Gasteiger partial charge < -0.3 is 10.2 Å². The maximum Gasteiger partial charge on any atom is 0.237 e. The van der Waals surface area contributed by atoms with Gasteiger partial charge in [0.2, 0.25) is 11.8 Å². The summed E-state index contributed by atoms with van der Waals surface area (Å²) in [5, 5.41) is 2.66. The van der Waals surface area contributed by atoms with Gasteiger partial charge in [0.1, 0.15) is 17.6 Å². The van der Waals surface area contributed by atoms with E-state index in [1.807, 2.05) is 0 Å². The molecule has 136 valence electrons. The first-order valence-corrected chi connectivity index (χ1v) is 8.84. The van der Waals surface area contributed by atoms with Crippen molar-refractivity contribution in [3.05, 3.63) is 63.6 Å². The lowest BCUT2D eigenvalue weighted by molar-refractivity contribution is -0.135. The minimum Gasteiger partial charge on any atom is -0.344 e. The zero-order chi connectivity index (χ0) is 19.0. The van der Waals surface area contributed by atoms with E-state index in [2.05, 4.69) is 21.2 Å². The lowest BCUT2D eigenvalue weighted by Crippen LogP contribution is -2.33. The topological polar surface area (TPSA) is 49.4 Å². The highest BCUT2D eigenvalue weighted by Crippen LogP contribution is 2.35. The molecule has 2 atom stereocenters. The molecule has 2 amide bonds. The van der Waals surface area contributed by atoms with E-state index in [0.717, 1.165) is 0 Å². The zero-order valence-corrected chi connectivity index (χ0v) is 15.8. The van der Waals surface area contributed by atoms with Crippen molar-refractivity contribution in [3.8, 4) is 0 Å². The molecule has 0 spiro atoms. The third kappa shape index (κ3) is 3.35. The summed E-state index contributed by atoms with van der Waals surface area (Å²) < 4.78 is 27.5. The molecule has 7 heteroatoms. The van der Waals surface area contributed by atoms with E-state index >= 15 is 0 Å². The minimum atomic E-state index is -0.958. The standard InChI is InChI=1S/C19H17BrF2N2O2/c1-10-14(21)4-3-5-16(10)23-18(25)17-12(9-24(2)19(17)26)11-6-7-15(22)13(20)8-11/h3-8,12,17H,9H2,1-2H3,(H,23,25)/t12-,17+/m1/s1. The molecule has 0 saturated carbocycles. The SMILES string of the molecule is Cc1c(F)cccc1NC(=O)[C@H]1C(=O)N(C)C[C@@H]1c1ccc(F)c(Br)c1. The molecule has 0 unspecified atom stereocenters. The van der Waals surface area contributed by atoms with Crippen LogP contribution in [-0.4, -0.2) is 30.3 Å². The van der Waals surface area contributed by atoms with E-state index in [1.54, 1.807) is 32.2 Å². The summed E-state index contributed by atoms with van der Waals surface area (Å²) in [6.07, 6.45) is 0. The summed E-state index contributed by atoms with van der Waals surface area (Å²) in [6.45, 7) is 1.90. The van der Waals surface area contributed by atoms with Crippen LogP contribution in [0.4, 0.5) is 14.5 Å². The van der Waals surface area contributed by atoms with E-state index in [4.69, 9.17) is 0 Å². The zero-order valence-electron chi connectivity index (χ0n) is 14.2. The predicted octanol–water partition coefficient (Wildman–Crippen LogP) is 3.85. The molecule has 4 nitrogen and oxygen atoms in total. The van der Waals surface area contributed by atoms with E-state index in [-0.39, 0.29) is 10.4 Å². The highest BCUT2D eigenvalue weighted by molar-refractivity contribution is 9.10. The van der Waals surface area contributed by atoms with Gasteiger partial charge in [-0.05, 0) is 52.7 Å². The third-order valence-corrected chi connectivity index (χ3v) is 5.30. The molecular weight excluding hydrogens is 406 g/mol. The maximum atomic E-state index is 13.7. The van der Waals surface area contributed by atoms with Crippen molar-refractivity contribution in [2.75, 3.05) is 18.9 Å². The number of nitrogens with one attached hydrogen (secondary N) is 1. The fraction of sp³-hybridized carbons (Fsp3) is 0.263. The normalized spacial score (nSPS) is 19.7. The van der Waals surface area contributed by atoms with Crippen LogP contribution >= 0.6 is 15.9 Å². The largest absolute Gasteiger partial charge is 0.344 e.